The molecule has 0 saturated carbocycles. The van der Waals surface area contributed by atoms with Crippen molar-refractivity contribution in [3.05, 3.63) is 46.1 Å². The first-order valence-electron chi connectivity index (χ1n) is 7.38. The molecule has 0 amide bonds. The molecule has 6 heteroatoms. The summed E-state index contributed by atoms with van der Waals surface area (Å²) in [6, 6.07) is 8.66. The van der Waals surface area contributed by atoms with E-state index in [-0.39, 0.29) is 12.0 Å². The summed E-state index contributed by atoms with van der Waals surface area (Å²) < 4.78 is 11.0. The minimum absolute atomic E-state index is 0.136. The maximum absolute atomic E-state index is 12.9. The van der Waals surface area contributed by atoms with Crippen LogP contribution in [-0.4, -0.2) is 25.1 Å². The number of thioether (sulfide) groups is 2. The lowest BCUT2D eigenvalue weighted by molar-refractivity contribution is 0.0526. The predicted molar refractivity (Wildman–Crippen MR) is 99.5 cm³/mol. The molecule has 124 valence electrons. The van der Waals surface area contributed by atoms with Crippen LogP contribution in [0, 0.1) is 0 Å². The summed E-state index contributed by atoms with van der Waals surface area (Å²) in [7, 11) is 0. The summed E-state index contributed by atoms with van der Waals surface area (Å²) in [5.74, 6) is -0.443. The van der Waals surface area contributed by atoms with Crippen LogP contribution < -0.4 is 5.43 Å². The van der Waals surface area contributed by atoms with Gasteiger partial charge >= 0.3 is 5.97 Å². The Balaban J connectivity index is 2.32. The Labute approximate surface area is 147 Å². The van der Waals surface area contributed by atoms with Gasteiger partial charge in [0.25, 0.3) is 0 Å². The zero-order chi connectivity index (χ0) is 17.3. The third-order valence-electron chi connectivity index (χ3n) is 3.68. The summed E-state index contributed by atoms with van der Waals surface area (Å²) in [6.45, 7) is 2.03. The van der Waals surface area contributed by atoms with E-state index in [9.17, 15) is 9.59 Å². The van der Waals surface area contributed by atoms with Crippen LogP contribution in [0.3, 0.4) is 0 Å². The highest BCUT2D eigenvalue weighted by Gasteiger charge is 2.15. The van der Waals surface area contributed by atoms with E-state index in [1.54, 1.807) is 36.9 Å². The van der Waals surface area contributed by atoms with Crippen molar-refractivity contribution in [2.45, 2.75) is 16.7 Å². The second-order valence-electron chi connectivity index (χ2n) is 5.07. The van der Waals surface area contributed by atoms with Crippen molar-refractivity contribution in [1.29, 1.82) is 0 Å². The lowest BCUT2D eigenvalue weighted by Crippen LogP contribution is -2.07. The van der Waals surface area contributed by atoms with Gasteiger partial charge < -0.3 is 9.15 Å². The number of rotatable bonds is 4. The van der Waals surface area contributed by atoms with Crippen LogP contribution >= 0.6 is 23.5 Å². The van der Waals surface area contributed by atoms with Crippen LogP contribution in [0.15, 0.2) is 49.3 Å². The van der Waals surface area contributed by atoms with E-state index >= 15 is 0 Å². The molecule has 3 aromatic rings. The van der Waals surface area contributed by atoms with Crippen molar-refractivity contribution >= 4 is 51.4 Å². The van der Waals surface area contributed by atoms with Gasteiger partial charge in [0, 0.05) is 4.90 Å². The van der Waals surface area contributed by atoms with Gasteiger partial charge in [-0.25, -0.2) is 4.79 Å². The molecule has 4 nitrogen and oxygen atoms in total. The van der Waals surface area contributed by atoms with E-state index in [2.05, 4.69) is 0 Å². The first-order chi connectivity index (χ1) is 11.6. The summed E-state index contributed by atoms with van der Waals surface area (Å²) in [5, 5.41) is 0.915. The van der Waals surface area contributed by atoms with Crippen LogP contribution in [0.5, 0.6) is 0 Å². The molecule has 1 aromatic heterocycles. The van der Waals surface area contributed by atoms with Crippen molar-refractivity contribution in [1.82, 2.24) is 0 Å². The smallest absolute Gasteiger partial charge is 0.338 e. The summed E-state index contributed by atoms with van der Waals surface area (Å²) in [5.41, 5.74) is 1.26. The third-order valence-corrected chi connectivity index (χ3v) is 5.13. The van der Waals surface area contributed by atoms with Gasteiger partial charge in [-0.05, 0) is 49.8 Å². The Hall–Kier alpha value is -1.92. The number of fused-ring (bicyclic) bond motifs is 2. The monoisotopic (exact) mass is 360 g/mol. The van der Waals surface area contributed by atoms with Gasteiger partial charge in [-0.1, -0.05) is 0 Å². The highest BCUT2D eigenvalue weighted by atomic mass is 32.2. The topological polar surface area (TPSA) is 56.5 Å². The molecule has 0 aliphatic heterocycles. The molecular weight excluding hydrogens is 344 g/mol. The average Bonchev–Trinajstić information content (AvgIpc) is 2.61. The molecule has 0 bridgehead atoms. The standard InChI is InChI=1S/C18H16O4S2/c1-4-21-18(20)10-5-6-14-12(7-10)16(19)13-8-11(23-2)9-15(24-3)17(13)22-14/h5-9H,4H2,1-3H3. The molecule has 2 aromatic carbocycles. The number of hydrogen-bond acceptors (Lipinski definition) is 6. The highest BCUT2D eigenvalue weighted by molar-refractivity contribution is 7.99. The summed E-state index contributed by atoms with van der Waals surface area (Å²) in [4.78, 5) is 26.8. The van der Waals surface area contributed by atoms with E-state index in [0.717, 1.165) is 9.79 Å². The SMILES string of the molecule is CCOC(=O)c1ccc2oc3c(SC)cc(SC)cc3c(=O)c2c1. The molecule has 0 radical (unpaired) electrons. The van der Waals surface area contributed by atoms with Crippen molar-refractivity contribution < 1.29 is 13.9 Å². The lowest BCUT2D eigenvalue weighted by atomic mass is 10.1. The van der Waals surface area contributed by atoms with Crippen molar-refractivity contribution in [3.8, 4) is 0 Å². The summed E-state index contributed by atoms with van der Waals surface area (Å²) >= 11 is 3.11. The number of ether oxygens (including phenoxy) is 1. The van der Waals surface area contributed by atoms with Gasteiger partial charge in [-0.3, -0.25) is 4.79 Å². The molecule has 0 fully saturated rings. The molecule has 0 N–H and O–H groups in total. The molecule has 0 unspecified atom stereocenters. The van der Waals surface area contributed by atoms with Crippen LogP contribution in [0.1, 0.15) is 17.3 Å². The highest BCUT2D eigenvalue weighted by Crippen LogP contribution is 2.32. The molecule has 0 atom stereocenters. The number of carbonyl (C=O) groups is 1. The van der Waals surface area contributed by atoms with Gasteiger partial charge in [0.2, 0.25) is 5.43 Å². The molecule has 0 saturated heterocycles. The zero-order valence-electron chi connectivity index (χ0n) is 13.5. The van der Waals surface area contributed by atoms with Gasteiger partial charge in [0.15, 0.2) is 5.58 Å². The van der Waals surface area contributed by atoms with Crippen molar-refractivity contribution in [2.24, 2.45) is 0 Å². The Morgan fingerprint density at radius 1 is 1.12 bits per heavy atom. The normalized spacial score (nSPS) is 11.1. The van der Waals surface area contributed by atoms with E-state index < -0.39 is 5.97 Å². The van der Waals surface area contributed by atoms with Crippen LogP contribution in [0.4, 0.5) is 0 Å². The van der Waals surface area contributed by atoms with Gasteiger partial charge in [-0.2, -0.15) is 0 Å². The first kappa shape index (κ1) is 16.9. The van der Waals surface area contributed by atoms with Gasteiger partial charge in [-0.15, -0.1) is 23.5 Å². The molecule has 3 rings (SSSR count). The molecule has 1 heterocycles. The number of benzene rings is 2. The zero-order valence-corrected chi connectivity index (χ0v) is 15.2. The Morgan fingerprint density at radius 2 is 1.92 bits per heavy atom. The minimum Gasteiger partial charge on any atom is -0.462 e. The number of carbonyl (C=O) groups excluding carboxylic acids is 1. The van der Waals surface area contributed by atoms with E-state index in [1.165, 1.54) is 11.8 Å². The van der Waals surface area contributed by atoms with Gasteiger partial charge in [0.1, 0.15) is 5.58 Å². The number of hydrogen-bond donors (Lipinski definition) is 0. The maximum Gasteiger partial charge on any atom is 0.338 e. The summed E-state index contributed by atoms with van der Waals surface area (Å²) in [6.07, 6.45) is 3.92. The lowest BCUT2D eigenvalue weighted by Gasteiger charge is -2.08. The molecule has 0 aliphatic carbocycles. The first-order valence-corrected chi connectivity index (χ1v) is 9.83. The predicted octanol–water partition coefficient (Wildman–Crippen LogP) is 4.57. The van der Waals surface area contributed by atoms with Crippen LogP contribution in [0.2, 0.25) is 0 Å². The second-order valence-corrected chi connectivity index (χ2v) is 6.80. The maximum atomic E-state index is 12.9. The van der Waals surface area contributed by atoms with Crippen LogP contribution in [-0.2, 0) is 4.74 Å². The molecule has 24 heavy (non-hydrogen) atoms. The molecule has 0 aliphatic rings. The minimum atomic E-state index is -0.443. The fourth-order valence-corrected chi connectivity index (χ4v) is 3.64. The van der Waals surface area contributed by atoms with Crippen molar-refractivity contribution in [2.75, 3.05) is 19.1 Å². The second kappa shape index (κ2) is 6.91. The Kier molecular flexibility index (Phi) is 4.87. The fourth-order valence-electron chi connectivity index (χ4n) is 2.51. The number of esters is 1. The van der Waals surface area contributed by atoms with E-state index in [1.807, 2.05) is 24.6 Å². The van der Waals surface area contributed by atoms with Crippen molar-refractivity contribution in [3.63, 3.8) is 0 Å². The quantitative estimate of drug-likeness (QED) is 0.386. The van der Waals surface area contributed by atoms with Crippen LogP contribution in [0.25, 0.3) is 21.9 Å². The Bertz CT molecular complexity index is 992. The molecular formula is C18H16O4S2. The van der Waals surface area contributed by atoms with E-state index in [0.29, 0.717) is 27.5 Å². The van der Waals surface area contributed by atoms with E-state index in [4.69, 9.17) is 9.15 Å². The van der Waals surface area contributed by atoms with Gasteiger partial charge in [0.05, 0.1) is 27.8 Å². The Morgan fingerprint density at radius 3 is 2.58 bits per heavy atom. The molecule has 0 spiro atoms. The largest absolute Gasteiger partial charge is 0.462 e. The average molecular weight is 360 g/mol. The third kappa shape index (κ3) is 2.91. The fraction of sp³-hybridized carbons (Fsp3) is 0.222.